The number of nitrogen functional groups attached to an aromatic ring is 1. The summed E-state index contributed by atoms with van der Waals surface area (Å²) in [7, 11) is 0. The van der Waals surface area contributed by atoms with Crippen molar-refractivity contribution in [2.24, 2.45) is 0 Å². The predicted octanol–water partition coefficient (Wildman–Crippen LogP) is 1.73. The molecule has 3 N–H and O–H groups in total. The first-order valence-corrected chi connectivity index (χ1v) is 5.54. The van der Waals surface area contributed by atoms with Crippen molar-refractivity contribution in [2.75, 3.05) is 12.3 Å². The Morgan fingerprint density at radius 1 is 1.47 bits per heavy atom. The number of nitrogens with two attached hydrogens (primary N) is 1. The summed E-state index contributed by atoms with van der Waals surface area (Å²) in [5.74, 6) is 0. The Bertz CT molecular complexity index is 368. The highest BCUT2D eigenvalue weighted by Gasteiger charge is 2.15. The van der Waals surface area contributed by atoms with Crippen molar-refractivity contribution in [2.45, 2.75) is 32.8 Å². The second-order valence-corrected chi connectivity index (χ2v) is 4.76. The summed E-state index contributed by atoms with van der Waals surface area (Å²) in [6.45, 7) is 5.97. The van der Waals surface area contributed by atoms with E-state index in [2.05, 4.69) is 10.3 Å². The minimum atomic E-state index is -0.469. The van der Waals surface area contributed by atoms with Gasteiger partial charge in [0.1, 0.15) is 5.60 Å². The number of hydrogen-bond acceptors (Lipinski definition) is 4. The van der Waals surface area contributed by atoms with Gasteiger partial charge in [-0.05, 0) is 32.9 Å². The van der Waals surface area contributed by atoms with Gasteiger partial charge in [0.05, 0.1) is 11.9 Å². The van der Waals surface area contributed by atoms with Crippen LogP contribution in [0.5, 0.6) is 0 Å². The fourth-order valence-corrected chi connectivity index (χ4v) is 1.19. The molecule has 0 fully saturated rings. The zero-order chi connectivity index (χ0) is 12.9. The summed E-state index contributed by atoms with van der Waals surface area (Å²) >= 11 is 0. The second-order valence-electron chi connectivity index (χ2n) is 4.76. The number of carbonyl (C=O) groups is 1. The first-order chi connectivity index (χ1) is 7.87. The lowest BCUT2D eigenvalue weighted by molar-refractivity contribution is 0.0528. The number of nitrogens with one attached hydrogen (secondary N) is 1. The van der Waals surface area contributed by atoms with E-state index in [-0.39, 0.29) is 0 Å². The minimum Gasteiger partial charge on any atom is -0.444 e. The number of amides is 1. The summed E-state index contributed by atoms with van der Waals surface area (Å²) in [5, 5.41) is 2.67. The predicted molar refractivity (Wildman–Crippen MR) is 66.6 cm³/mol. The standard InChI is InChI=1S/C12H19N3O2/c1-12(2,3)17-11(16)14-7-6-10-5-4-9(13)8-15-10/h4-5,8H,6-7,13H2,1-3H3,(H,14,16). The number of alkyl carbamates (subject to hydrolysis) is 1. The smallest absolute Gasteiger partial charge is 0.407 e. The second kappa shape index (κ2) is 5.52. The molecule has 1 heterocycles. The molecule has 0 unspecified atom stereocenters. The van der Waals surface area contributed by atoms with Gasteiger partial charge < -0.3 is 15.8 Å². The van der Waals surface area contributed by atoms with Crippen LogP contribution in [-0.2, 0) is 11.2 Å². The van der Waals surface area contributed by atoms with Crippen LogP contribution in [0, 0.1) is 0 Å². The number of rotatable bonds is 3. The summed E-state index contributed by atoms with van der Waals surface area (Å²) in [6.07, 6.45) is 1.84. The Morgan fingerprint density at radius 3 is 2.71 bits per heavy atom. The molecule has 5 heteroatoms. The van der Waals surface area contributed by atoms with Gasteiger partial charge in [0.2, 0.25) is 0 Å². The van der Waals surface area contributed by atoms with Gasteiger partial charge in [0.25, 0.3) is 0 Å². The molecule has 0 aliphatic heterocycles. The molecule has 0 atom stereocenters. The van der Waals surface area contributed by atoms with E-state index >= 15 is 0 Å². The van der Waals surface area contributed by atoms with Gasteiger partial charge in [-0.15, -0.1) is 0 Å². The first-order valence-electron chi connectivity index (χ1n) is 5.54. The van der Waals surface area contributed by atoms with E-state index in [0.717, 1.165) is 5.69 Å². The first kappa shape index (κ1) is 13.3. The third-order valence-corrected chi connectivity index (χ3v) is 1.90. The van der Waals surface area contributed by atoms with E-state index in [9.17, 15) is 4.79 Å². The number of pyridine rings is 1. The van der Waals surface area contributed by atoms with Crippen LogP contribution in [-0.4, -0.2) is 23.2 Å². The van der Waals surface area contributed by atoms with E-state index in [0.29, 0.717) is 18.7 Å². The Balaban J connectivity index is 2.28. The van der Waals surface area contributed by atoms with E-state index in [1.54, 1.807) is 12.3 Å². The van der Waals surface area contributed by atoms with Gasteiger partial charge in [-0.25, -0.2) is 4.79 Å². The zero-order valence-electron chi connectivity index (χ0n) is 10.5. The summed E-state index contributed by atoms with van der Waals surface area (Å²) in [6, 6.07) is 3.63. The molecule has 1 rings (SSSR count). The molecule has 0 spiro atoms. The van der Waals surface area contributed by atoms with Crippen molar-refractivity contribution in [3.05, 3.63) is 24.0 Å². The molecular formula is C12H19N3O2. The molecule has 5 nitrogen and oxygen atoms in total. The average molecular weight is 237 g/mol. The van der Waals surface area contributed by atoms with Crippen molar-refractivity contribution >= 4 is 11.8 Å². The molecule has 0 aliphatic carbocycles. The molecule has 17 heavy (non-hydrogen) atoms. The van der Waals surface area contributed by atoms with Crippen molar-refractivity contribution < 1.29 is 9.53 Å². The van der Waals surface area contributed by atoms with E-state index in [1.807, 2.05) is 26.8 Å². The van der Waals surface area contributed by atoms with Gasteiger partial charge in [-0.2, -0.15) is 0 Å². The van der Waals surface area contributed by atoms with E-state index in [1.165, 1.54) is 0 Å². The molecule has 1 amide bonds. The van der Waals surface area contributed by atoms with Crippen LogP contribution in [0.1, 0.15) is 26.5 Å². The topological polar surface area (TPSA) is 77.2 Å². The lowest BCUT2D eigenvalue weighted by Crippen LogP contribution is -2.33. The van der Waals surface area contributed by atoms with Gasteiger partial charge in [0.15, 0.2) is 0 Å². The van der Waals surface area contributed by atoms with Gasteiger partial charge >= 0.3 is 6.09 Å². The number of nitrogens with zero attached hydrogens (tertiary/aromatic N) is 1. The van der Waals surface area contributed by atoms with Crippen LogP contribution in [0.15, 0.2) is 18.3 Å². The lowest BCUT2D eigenvalue weighted by Gasteiger charge is -2.19. The number of anilines is 1. The molecule has 0 saturated carbocycles. The lowest BCUT2D eigenvalue weighted by atomic mass is 10.2. The summed E-state index contributed by atoms with van der Waals surface area (Å²) in [4.78, 5) is 15.5. The molecular weight excluding hydrogens is 218 g/mol. The van der Waals surface area contributed by atoms with Gasteiger partial charge in [0, 0.05) is 18.7 Å². The maximum Gasteiger partial charge on any atom is 0.407 e. The Kier molecular flexibility index (Phi) is 4.31. The highest BCUT2D eigenvalue weighted by molar-refractivity contribution is 5.67. The largest absolute Gasteiger partial charge is 0.444 e. The van der Waals surface area contributed by atoms with Crippen LogP contribution in [0.2, 0.25) is 0 Å². The third-order valence-electron chi connectivity index (χ3n) is 1.90. The van der Waals surface area contributed by atoms with Crippen LogP contribution >= 0.6 is 0 Å². The van der Waals surface area contributed by atoms with Crippen molar-refractivity contribution in [3.8, 4) is 0 Å². The minimum absolute atomic E-state index is 0.409. The highest BCUT2D eigenvalue weighted by atomic mass is 16.6. The maximum absolute atomic E-state index is 11.3. The summed E-state index contributed by atoms with van der Waals surface area (Å²) in [5.41, 5.74) is 6.57. The SMILES string of the molecule is CC(C)(C)OC(=O)NCCc1ccc(N)cn1. The quantitative estimate of drug-likeness (QED) is 0.839. The molecule has 94 valence electrons. The van der Waals surface area contributed by atoms with Crippen LogP contribution < -0.4 is 11.1 Å². The van der Waals surface area contributed by atoms with Crippen molar-refractivity contribution in [1.29, 1.82) is 0 Å². The van der Waals surface area contributed by atoms with E-state index < -0.39 is 11.7 Å². The number of aromatic nitrogens is 1. The van der Waals surface area contributed by atoms with Crippen molar-refractivity contribution in [1.82, 2.24) is 10.3 Å². The fraction of sp³-hybridized carbons (Fsp3) is 0.500. The molecule has 1 aromatic heterocycles. The normalized spacial score (nSPS) is 11.0. The Labute approximate surface area is 101 Å². The van der Waals surface area contributed by atoms with E-state index in [4.69, 9.17) is 10.5 Å². The summed E-state index contributed by atoms with van der Waals surface area (Å²) < 4.78 is 5.10. The van der Waals surface area contributed by atoms with Crippen LogP contribution in [0.4, 0.5) is 10.5 Å². The van der Waals surface area contributed by atoms with Crippen LogP contribution in [0.3, 0.4) is 0 Å². The molecule has 0 bridgehead atoms. The number of ether oxygens (including phenoxy) is 1. The third kappa shape index (κ3) is 5.75. The molecule has 0 saturated heterocycles. The Hall–Kier alpha value is -1.78. The Morgan fingerprint density at radius 2 is 2.18 bits per heavy atom. The van der Waals surface area contributed by atoms with Gasteiger partial charge in [-0.3, -0.25) is 4.98 Å². The molecule has 1 aromatic rings. The molecule has 0 aliphatic rings. The zero-order valence-corrected chi connectivity index (χ0v) is 10.5. The number of hydrogen-bond donors (Lipinski definition) is 2. The highest BCUT2D eigenvalue weighted by Crippen LogP contribution is 2.06. The van der Waals surface area contributed by atoms with Gasteiger partial charge in [-0.1, -0.05) is 0 Å². The van der Waals surface area contributed by atoms with Crippen LogP contribution in [0.25, 0.3) is 0 Å². The maximum atomic E-state index is 11.3. The molecule has 0 aromatic carbocycles. The molecule has 0 radical (unpaired) electrons. The number of carbonyl (C=O) groups excluding carboxylic acids is 1. The van der Waals surface area contributed by atoms with Crippen molar-refractivity contribution in [3.63, 3.8) is 0 Å². The average Bonchev–Trinajstić information content (AvgIpc) is 2.18. The monoisotopic (exact) mass is 237 g/mol. The fourth-order valence-electron chi connectivity index (χ4n) is 1.19.